The highest BCUT2D eigenvalue weighted by atomic mass is 35.5. The van der Waals surface area contributed by atoms with Crippen LogP contribution in [0.1, 0.15) is 70.2 Å². The molecule has 1 amide bonds. The van der Waals surface area contributed by atoms with Crippen molar-refractivity contribution in [1.82, 2.24) is 20.5 Å². The fraction of sp³-hybridized carbons (Fsp3) is 0.667. The molecule has 2 fully saturated rings. The van der Waals surface area contributed by atoms with E-state index in [1.807, 2.05) is 6.07 Å². The molecule has 186 valence electrons. The van der Waals surface area contributed by atoms with E-state index in [1.165, 1.54) is 7.11 Å². The van der Waals surface area contributed by atoms with Crippen molar-refractivity contribution in [2.24, 2.45) is 5.41 Å². The van der Waals surface area contributed by atoms with Gasteiger partial charge in [0, 0.05) is 42.6 Å². The van der Waals surface area contributed by atoms with Gasteiger partial charge in [-0.2, -0.15) is 0 Å². The van der Waals surface area contributed by atoms with Crippen molar-refractivity contribution in [3.8, 4) is 10.6 Å². The lowest BCUT2D eigenvalue weighted by molar-refractivity contribution is 0.0720. The maximum atomic E-state index is 12.1. The first-order valence-corrected chi connectivity index (χ1v) is 13.1. The molecule has 1 aliphatic heterocycles. The average Bonchev–Trinajstić information content (AvgIpc) is 3.29. The van der Waals surface area contributed by atoms with Crippen molar-refractivity contribution >= 4 is 34.7 Å². The van der Waals surface area contributed by atoms with Crippen LogP contribution in [0.4, 0.5) is 10.5 Å². The van der Waals surface area contributed by atoms with Gasteiger partial charge < -0.3 is 20.1 Å². The van der Waals surface area contributed by atoms with Gasteiger partial charge in [-0.25, -0.2) is 9.78 Å². The molecule has 2 aromatic heterocycles. The fourth-order valence-corrected chi connectivity index (χ4v) is 6.15. The molecule has 10 heteroatoms. The summed E-state index contributed by atoms with van der Waals surface area (Å²) < 4.78 is 10.4. The second-order valence-corrected chi connectivity index (χ2v) is 11.6. The predicted molar refractivity (Wildman–Crippen MR) is 135 cm³/mol. The maximum absolute atomic E-state index is 12.1. The Morgan fingerprint density at radius 3 is 2.56 bits per heavy atom. The molecular weight excluding hydrogens is 474 g/mol. The number of hydrogen-bond donors (Lipinski definition) is 2. The van der Waals surface area contributed by atoms with Crippen molar-refractivity contribution in [3.63, 3.8) is 0 Å². The summed E-state index contributed by atoms with van der Waals surface area (Å²) in [7, 11) is 1.41. The van der Waals surface area contributed by atoms with E-state index < -0.39 is 0 Å². The second kappa shape index (κ2) is 10.3. The number of nitrogens with zero attached hydrogens (tertiary/aromatic N) is 3. The zero-order valence-corrected chi connectivity index (χ0v) is 21.9. The van der Waals surface area contributed by atoms with Gasteiger partial charge in [0.1, 0.15) is 10.2 Å². The van der Waals surface area contributed by atoms with E-state index in [9.17, 15) is 4.79 Å². The van der Waals surface area contributed by atoms with Gasteiger partial charge in [0.2, 0.25) is 0 Å². The average molecular weight is 508 g/mol. The smallest absolute Gasteiger partial charge is 0.407 e. The number of pyridine rings is 1. The van der Waals surface area contributed by atoms with Gasteiger partial charge in [-0.1, -0.05) is 43.7 Å². The van der Waals surface area contributed by atoms with E-state index in [1.54, 1.807) is 17.5 Å². The Morgan fingerprint density at radius 1 is 1.21 bits per heavy atom. The molecule has 34 heavy (non-hydrogen) atoms. The minimum Gasteiger partial charge on any atom is -0.453 e. The van der Waals surface area contributed by atoms with Crippen LogP contribution in [0, 0.1) is 5.41 Å². The van der Waals surface area contributed by atoms with E-state index in [0.29, 0.717) is 17.1 Å². The van der Waals surface area contributed by atoms with Crippen molar-refractivity contribution in [2.75, 3.05) is 25.6 Å². The molecule has 0 bridgehead atoms. The van der Waals surface area contributed by atoms with Crippen LogP contribution in [0.5, 0.6) is 0 Å². The summed E-state index contributed by atoms with van der Waals surface area (Å²) >= 11 is 7.83. The van der Waals surface area contributed by atoms with Crippen LogP contribution in [0.3, 0.4) is 0 Å². The molecule has 3 heterocycles. The van der Waals surface area contributed by atoms with Crippen LogP contribution in [0.2, 0.25) is 5.15 Å². The summed E-state index contributed by atoms with van der Waals surface area (Å²) in [5.41, 5.74) is 1.47. The minimum absolute atomic E-state index is 0.0852. The third-order valence-electron chi connectivity index (χ3n) is 7.27. The number of rotatable bonds is 5. The first-order valence-electron chi connectivity index (χ1n) is 11.9. The molecule has 2 aromatic rings. The van der Waals surface area contributed by atoms with Crippen LogP contribution < -0.4 is 10.6 Å². The standard InChI is InChI=1S/C24H34ClN5O3S/c1-23(2,3)24(28-22(31)32-4)9-5-15(6-10-24)20-29-30-21(34-20)17-14-26-19(25)13-18(17)27-16-7-11-33-12-8-16/h13-16H,5-12H2,1-4H3,(H,26,27)(H,28,31). The first kappa shape index (κ1) is 25.1. The summed E-state index contributed by atoms with van der Waals surface area (Å²) in [6.45, 7) is 8.04. The van der Waals surface area contributed by atoms with E-state index in [0.717, 1.165) is 73.0 Å². The van der Waals surface area contributed by atoms with Gasteiger partial charge >= 0.3 is 6.09 Å². The molecule has 0 radical (unpaired) electrons. The van der Waals surface area contributed by atoms with Crippen LogP contribution in [0.15, 0.2) is 12.3 Å². The lowest BCUT2D eigenvalue weighted by Gasteiger charge is -2.49. The molecule has 8 nitrogen and oxygen atoms in total. The lowest BCUT2D eigenvalue weighted by Crippen LogP contribution is -2.58. The van der Waals surface area contributed by atoms with E-state index in [4.69, 9.17) is 21.1 Å². The summed E-state index contributed by atoms with van der Waals surface area (Å²) in [6.07, 6.45) is 6.92. The second-order valence-electron chi connectivity index (χ2n) is 10.3. The normalized spacial score (nSPS) is 24.0. The van der Waals surface area contributed by atoms with Crippen LogP contribution in [-0.4, -0.2) is 53.2 Å². The zero-order valence-electron chi connectivity index (χ0n) is 20.3. The molecule has 0 atom stereocenters. The van der Waals surface area contributed by atoms with Gasteiger partial charge in [-0.3, -0.25) is 0 Å². The Bertz CT molecular complexity index is 995. The quantitative estimate of drug-likeness (QED) is 0.505. The zero-order chi connectivity index (χ0) is 24.3. The van der Waals surface area contributed by atoms with Crippen molar-refractivity contribution in [1.29, 1.82) is 0 Å². The van der Waals surface area contributed by atoms with Gasteiger partial charge in [-0.15, -0.1) is 10.2 Å². The van der Waals surface area contributed by atoms with E-state index in [2.05, 4.69) is 46.6 Å². The number of aromatic nitrogens is 3. The number of carbonyl (C=O) groups excluding carboxylic acids is 1. The summed E-state index contributed by atoms with van der Waals surface area (Å²) in [5, 5.41) is 18.2. The Morgan fingerprint density at radius 2 is 1.91 bits per heavy atom. The molecule has 2 N–H and O–H groups in total. The monoisotopic (exact) mass is 507 g/mol. The van der Waals surface area contributed by atoms with Crippen molar-refractivity contribution < 1.29 is 14.3 Å². The lowest BCUT2D eigenvalue weighted by atomic mass is 9.63. The Balaban J connectivity index is 1.50. The highest BCUT2D eigenvalue weighted by Gasteiger charge is 2.46. The van der Waals surface area contributed by atoms with E-state index in [-0.39, 0.29) is 17.0 Å². The Kier molecular flexibility index (Phi) is 7.64. The number of alkyl carbamates (subject to hydrolysis) is 1. The largest absolute Gasteiger partial charge is 0.453 e. The Hall–Kier alpha value is -1.97. The molecule has 0 spiro atoms. The Labute approximate surface area is 210 Å². The number of halogens is 1. The minimum atomic E-state index is -0.369. The number of methoxy groups -OCH3 is 1. The molecule has 2 aliphatic rings. The number of hydrogen-bond acceptors (Lipinski definition) is 8. The number of anilines is 1. The maximum Gasteiger partial charge on any atom is 0.407 e. The summed E-state index contributed by atoms with van der Waals surface area (Å²) in [4.78, 5) is 16.4. The predicted octanol–water partition coefficient (Wildman–Crippen LogP) is 5.64. The fourth-order valence-electron chi connectivity index (χ4n) is 4.96. The highest BCUT2D eigenvalue weighted by Crippen LogP contribution is 2.47. The topological polar surface area (TPSA) is 98.3 Å². The SMILES string of the molecule is COC(=O)NC1(C(C)(C)C)CCC(c2nnc(-c3cnc(Cl)cc3NC3CCOCC3)s2)CC1. The molecule has 0 unspecified atom stereocenters. The molecule has 1 aliphatic carbocycles. The number of nitrogens with one attached hydrogen (secondary N) is 2. The van der Waals surface area contributed by atoms with Crippen molar-refractivity contribution in [3.05, 3.63) is 22.4 Å². The van der Waals surface area contributed by atoms with Crippen molar-refractivity contribution in [2.45, 2.75) is 76.8 Å². The summed E-state index contributed by atoms with van der Waals surface area (Å²) in [6, 6.07) is 2.20. The van der Waals surface area contributed by atoms with Crippen LogP contribution in [-0.2, 0) is 9.47 Å². The molecule has 4 rings (SSSR count). The molecule has 0 aromatic carbocycles. The van der Waals surface area contributed by atoms with E-state index >= 15 is 0 Å². The van der Waals surface area contributed by atoms with Crippen LogP contribution >= 0.6 is 22.9 Å². The number of amides is 1. The van der Waals surface area contributed by atoms with Gasteiger partial charge in [-0.05, 0) is 50.0 Å². The molecule has 1 saturated carbocycles. The number of carbonyl (C=O) groups is 1. The summed E-state index contributed by atoms with van der Waals surface area (Å²) in [5.74, 6) is 0.313. The van der Waals surface area contributed by atoms with Crippen LogP contribution in [0.25, 0.3) is 10.6 Å². The highest BCUT2D eigenvalue weighted by molar-refractivity contribution is 7.14. The third-order valence-corrected chi connectivity index (χ3v) is 8.60. The third kappa shape index (κ3) is 5.47. The van der Waals surface area contributed by atoms with Gasteiger partial charge in [0.15, 0.2) is 5.01 Å². The molecular formula is C24H34ClN5O3S. The molecule has 1 saturated heterocycles. The van der Waals surface area contributed by atoms with Gasteiger partial charge in [0.05, 0.1) is 12.7 Å². The first-order chi connectivity index (χ1) is 16.2. The number of ether oxygens (including phenoxy) is 2. The van der Waals surface area contributed by atoms with Gasteiger partial charge in [0.25, 0.3) is 0 Å².